The number of nitrogens with zero attached hydrogens (tertiary/aromatic N) is 1. The molecule has 0 spiro atoms. The van der Waals surface area contributed by atoms with Crippen molar-refractivity contribution < 1.29 is 9.47 Å². The minimum atomic E-state index is 0.353. The molecule has 3 fully saturated rings. The van der Waals surface area contributed by atoms with E-state index < -0.39 is 0 Å². The van der Waals surface area contributed by atoms with E-state index in [4.69, 9.17) is 9.47 Å². The molecular weight excluding hydrogens is 326 g/mol. The minimum absolute atomic E-state index is 0.353. The second-order valence-corrected chi connectivity index (χ2v) is 7.81. The van der Waals surface area contributed by atoms with E-state index in [0.29, 0.717) is 24.4 Å². The van der Waals surface area contributed by atoms with Gasteiger partial charge >= 0.3 is 0 Å². The van der Waals surface area contributed by atoms with Crippen molar-refractivity contribution >= 4 is 5.96 Å². The summed E-state index contributed by atoms with van der Waals surface area (Å²) in [5.74, 6) is 1.84. The SMILES string of the molecule is CN=C(NCc1cccc(OC2CCCCC2)c1)NC1CC2CCC1O2. The molecule has 3 aliphatic rings. The maximum absolute atomic E-state index is 6.18. The molecule has 5 heteroatoms. The van der Waals surface area contributed by atoms with Crippen molar-refractivity contribution in [1.82, 2.24) is 10.6 Å². The molecule has 0 radical (unpaired) electrons. The zero-order valence-electron chi connectivity index (χ0n) is 15.7. The van der Waals surface area contributed by atoms with Gasteiger partial charge in [-0.3, -0.25) is 4.99 Å². The van der Waals surface area contributed by atoms with Crippen LogP contribution < -0.4 is 15.4 Å². The molecule has 2 saturated heterocycles. The van der Waals surface area contributed by atoms with Crippen molar-refractivity contribution in [2.45, 2.75) is 82.3 Å². The standard InChI is InChI=1S/C21H31N3O2/c1-22-21(24-19-13-18-10-11-20(19)26-18)23-14-15-6-5-9-17(12-15)25-16-7-3-2-4-8-16/h5-6,9,12,16,18-20H,2-4,7-8,10-11,13-14H2,1H3,(H2,22,23,24). The number of hydrogen-bond donors (Lipinski definition) is 2. The Morgan fingerprint density at radius 3 is 2.81 bits per heavy atom. The molecule has 2 heterocycles. The highest BCUT2D eigenvalue weighted by atomic mass is 16.5. The van der Waals surface area contributed by atoms with E-state index in [1.165, 1.54) is 50.5 Å². The lowest BCUT2D eigenvalue weighted by Crippen LogP contribution is -2.47. The van der Waals surface area contributed by atoms with Crippen LogP contribution in [0.5, 0.6) is 5.75 Å². The van der Waals surface area contributed by atoms with Gasteiger partial charge in [0.2, 0.25) is 0 Å². The van der Waals surface area contributed by atoms with Crippen LogP contribution in [-0.4, -0.2) is 37.4 Å². The molecule has 1 aromatic carbocycles. The number of rotatable bonds is 5. The first-order valence-corrected chi connectivity index (χ1v) is 10.2. The van der Waals surface area contributed by atoms with Gasteiger partial charge in [-0.05, 0) is 62.6 Å². The summed E-state index contributed by atoms with van der Waals surface area (Å²) in [6.07, 6.45) is 11.0. The lowest BCUT2D eigenvalue weighted by Gasteiger charge is -2.24. The Balaban J connectivity index is 1.28. The predicted octanol–water partition coefficient (Wildman–Crippen LogP) is 3.38. The molecule has 5 nitrogen and oxygen atoms in total. The van der Waals surface area contributed by atoms with Crippen molar-refractivity contribution in [3.63, 3.8) is 0 Å². The Hall–Kier alpha value is -1.75. The van der Waals surface area contributed by atoms with Crippen molar-refractivity contribution in [3.05, 3.63) is 29.8 Å². The van der Waals surface area contributed by atoms with Gasteiger partial charge in [0.05, 0.1) is 24.4 Å². The molecule has 142 valence electrons. The molecule has 3 atom stereocenters. The van der Waals surface area contributed by atoms with E-state index in [1.54, 1.807) is 0 Å². The fourth-order valence-electron chi connectivity index (χ4n) is 4.45. The normalized spacial score (nSPS) is 29.0. The second kappa shape index (κ2) is 8.30. The van der Waals surface area contributed by atoms with E-state index in [2.05, 4.69) is 39.9 Å². The Morgan fingerprint density at radius 2 is 2.08 bits per heavy atom. The quantitative estimate of drug-likeness (QED) is 0.627. The van der Waals surface area contributed by atoms with Crippen LogP contribution in [0.4, 0.5) is 0 Å². The molecule has 1 aliphatic carbocycles. The summed E-state index contributed by atoms with van der Waals surface area (Å²) < 4.78 is 12.1. The Kier molecular flexibility index (Phi) is 5.63. The third-order valence-electron chi connectivity index (χ3n) is 5.87. The number of guanidine groups is 1. The molecule has 0 amide bonds. The van der Waals surface area contributed by atoms with Crippen LogP contribution >= 0.6 is 0 Å². The predicted molar refractivity (Wildman–Crippen MR) is 104 cm³/mol. The summed E-state index contributed by atoms with van der Waals surface area (Å²) in [5, 5.41) is 6.96. The van der Waals surface area contributed by atoms with E-state index >= 15 is 0 Å². The monoisotopic (exact) mass is 357 g/mol. The maximum atomic E-state index is 6.18. The highest BCUT2D eigenvalue weighted by molar-refractivity contribution is 5.80. The molecule has 0 aromatic heterocycles. The zero-order chi connectivity index (χ0) is 17.8. The first-order chi connectivity index (χ1) is 12.8. The summed E-state index contributed by atoms with van der Waals surface area (Å²) in [7, 11) is 1.83. The zero-order valence-corrected chi connectivity index (χ0v) is 15.7. The first kappa shape index (κ1) is 17.7. The summed E-state index contributed by atoms with van der Waals surface area (Å²) >= 11 is 0. The van der Waals surface area contributed by atoms with Gasteiger partial charge in [0, 0.05) is 13.6 Å². The fraction of sp³-hybridized carbons (Fsp3) is 0.667. The van der Waals surface area contributed by atoms with Crippen molar-refractivity contribution in [1.29, 1.82) is 0 Å². The summed E-state index contributed by atoms with van der Waals surface area (Å²) in [4.78, 5) is 4.37. The van der Waals surface area contributed by atoms with Crippen molar-refractivity contribution in [2.75, 3.05) is 7.05 Å². The van der Waals surface area contributed by atoms with Gasteiger partial charge < -0.3 is 20.1 Å². The van der Waals surface area contributed by atoms with E-state index in [-0.39, 0.29) is 0 Å². The Morgan fingerprint density at radius 1 is 1.19 bits per heavy atom. The van der Waals surface area contributed by atoms with Crippen LogP contribution in [0.2, 0.25) is 0 Å². The number of fused-ring (bicyclic) bond motifs is 2. The molecule has 26 heavy (non-hydrogen) atoms. The number of aliphatic imine (C=N–C) groups is 1. The second-order valence-electron chi connectivity index (χ2n) is 7.81. The molecule has 1 aromatic rings. The van der Waals surface area contributed by atoms with E-state index in [9.17, 15) is 0 Å². The van der Waals surface area contributed by atoms with Gasteiger partial charge in [0.25, 0.3) is 0 Å². The molecule has 1 saturated carbocycles. The summed E-state index contributed by atoms with van der Waals surface area (Å²) in [6.45, 7) is 0.739. The van der Waals surface area contributed by atoms with E-state index in [1.807, 2.05) is 7.05 Å². The average molecular weight is 357 g/mol. The summed E-state index contributed by atoms with van der Waals surface area (Å²) in [5.41, 5.74) is 1.21. The Labute approximate surface area is 156 Å². The van der Waals surface area contributed by atoms with Gasteiger partial charge in [0.15, 0.2) is 5.96 Å². The molecule has 2 N–H and O–H groups in total. The third-order valence-corrected chi connectivity index (χ3v) is 5.87. The van der Waals surface area contributed by atoms with Crippen molar-refractivity contribution in [3.8, 4) is 5.75 Å². The topological polar surface area (TPSA) is 54.9 Å². The van der Waals surface area contributed by atoms with Crippen LogP contribution in [0.25, 0.3) is 0 Å². The van der Waals surface area contributed by atoms with Gasteiger partial charge in [0.1, 0.15) is 5.75 Å². The molecule has 2 bridgehead atoms. The first-order valence-electron chi connectivity index (χ1n) is 10.2. The van der Waals surface area contributed by atoms with Gasteiger partial charge in [-0.1, -0.05) is 18.6 Å². The van der Waals surface area contributed by atoms with Crippen LogP contribution in [0.3, 0.4) is 0 Å². The lowest BCUT2D eigenvalue weighted by atomic mass is 9.96. The average Bonchev–Trinajstić information content (AvgIpc) is 3.29. The number of benzene rings is 1. The van der Waals surface area contributed by atoms with Crippen LogP contribution in [0.15, 0.2) is 29.3 Å². The van der Waals surface area contributed by atoms with Crippen LogP contribution in [-0.2, 0) is 11.3 Å². The van der Waals surface area contributed by atoms with Crippen LogP contribution in [0.1, 0.15) is 56.9 Å². The lowest BCUT2D eigenvalue weighted by molar-refractivity contribution is 0.0992. The molecule has 4 rings (SSSR count). The van der Waals surface area contributed by atoms with Gasteiger partial charge in [-0.2, -0.15) is 0 Å². The summed E-state index contributed by atoms with van der Waals surface area (Å²) in [6, 6.07) is 8.82. The Bertz CT molecular complexity index is 627. The number of hydrogen-bond acceptors (Lipinski definition) is 3. The molecule has 3 unspecified atom stereocenters. The highest BCUT2D eigenvalue weighted by Gasteiger charge is 2.41. The fourth-order valence-corrected chi connectivity index (χ4v) is 4.45. The van der Waals surface area contributed by atoms with Crippen molar-refractivity contribution in [2.24, 2.45) is 4.99 Å². The highest BCUT2D eigenvalue weighted by Crippen LogP contribution is 2.34. The van der Waals surface area contributed by atoms with Crippen LogP contribution in [0, 0.1) is 0 Å². The van der Waals surface area contributed by atoms with E-state index in [0.717, 1.165) is 24.7 Å². The number of nitrogens with one attached hydrogen (secondary N) is 2. The molecule has 2 aliphatic heterocycles. The largest absolute Gasteiger partial charge is 0.490 e. The molecular formula is C21H31N3O2. The van der Waals surface area contributed by atoms with Gasteiger partial charge in [-0.15, -0.1) is 0 Å². The maximum Gasteiger partial charge on any atom is 0.191 e. The number of ether oxygens (including phenoxy) is 2. The smallest absolute Gasteiger partial charge is 0.191 e. The minimum Gasteiger partial charge on any atom is -0.490 e. The van der Waals surface area contributed by atoms with Gasteiger partial charge in [-0.25, -0.2) is 0 Å². The third kappa shape index (κ3) is 4.32.